The predicted molar refractivity (Wildman–Crippen MR) is 96.0 cm³/mol. The lowest BCUT2D eigenvalue weighted by Crippen LogP contribution is -2.50. The lowest BCUT2D eigenvalue weighted by atomic mass is 9.97. The second-order valence-corrected chi connectivity index (χ2v) is 6.65. The van der Waals surface area contributed by atoms with E-state index in [1.165, 1.54) is 0 Å². The van der Waals surface area contributed by atoms with Crippen LogP contribution >= 0.6 is 0 Å². The van der Waals surface area contributed by atoms with E-state index in [2.05, 4.69) is 20.2 Å². The van der Waals surface area contributed by atoms with Crippen LogP contribution in [0.5, 0.6) is 0 Å². The summed E-state index contributed by atoms with van der Waals surface area (Å²) in [7, 11) is 0. The molecule has 2 atom stereocenters. The summed E-state index contributed by atoms with van der Waals surface area (Å²) in [5, 5.41) is 3.96. The SMILES string of the molecule is O=c1[nH]c(NCC(C2CCOC2)N2CCOCC2)nc2ccccc12. The molecule has 0 saturated carbocycles. The Hall–Kier alpha value is -1.96. The second-order valence-electron chi connectivity index (χ2n) is 6.65. The Bertz CT molecular complexity index is 766. The maximum absolute atomic E-state index is 12.2. The first-order valence-corrected chi connectivity index (χ1v) is 8.94. The Morgan fingerprint density at radius 2 is 2.08 bits per heavy atom. The van der Waals surface area contributed by atoms with E-state index in [0.29, 0.717) is 28.8 Å². The summed E-state index contributed by atoms with van der Waals surface area (Å²) in [6.45, 7) is 5.77. The van der Waals surface area contributed by atoms with Crippen molar-refractivity contribution in [3.63, 3.8) is 0 Å². The predicted octanol–water partition coefficient (Wildman–Crippen LogP) is 1.07. The fraction of sp³-hybridized carbons (Fsp3) is 0.556. The van der Waals surface area contributed by atoms with Crippen molar-refractivity contribution < 1.29 is 9.47 Å². The number of H-pyrrole nitrogens is 1. The van der Waals surface area contributed by atoms with Crippen LogP contribution in [0.15, 0.2) is 29.1 Å². The van der Waals surface area contributed by atoms with Crippen LogP contribution in [0.2, 0.25) is 0 Å². The van der Waals surface area contributed by atoms with Gasteiger partial charge in [-0.3, -0.25) is 14.7 Å². The van der Waals surface area contributed by atoms with Crippen LogP contribution in [0.3, 0.4) is 0 Å². The van der Waals surface area contributed by atoms with Crippen LogP contribution in [-0.4, -0.2) is 67.0 Å². The van der Waals surface area contributed by atoms with Gasteiger partial charge in [0.05, 0.1) is 30.7 Å². The summed E-state index contributed by atoms with van der Waals surface area (Å²) >= 11 is 0. The molecule has 0 amide bonds. The third-order valence-corrected chi connectivity index (χ3v) is 5.12. The fourth-order valence-electron chi connectivity index (χ4n) is 3.73. The number of ether oxygens (including phenoxy) is 2. The largest absolute Gasteiger partial charge is 0.381 e. The Morgan fingerprint density at radius 3 is 2.88 bits per heavy atom. The van der Waals surface area contributed by atoms with Crippen molar-refractivity contribution in [2.75, 3.05) is 51.4 Å². The minimum atomic E-state index is -0.111. The highest BCUT2D eigenvalue weighted by Crippen LogP contribution is 2.22. The average Bonchev–Trinajstić information content (AvgIpc) is 3.17. The number of anilines is 1. The zero-order valence-corrected chi connectivity index (χ0v) is 14.2. The molecule has 2 aromatic rings. The molecule has 0 spiro atoms. The monoisotopic (exact) mass is 344 g/mol. The molecular weight excluding hydrogens is 320 g/mol. The van der Waals surface area contributed by atoms with Gasteiger partial charge in [0.1, 0.15) is 0 Å². The topological polar surface area (TPSA) is 79.5 Å². The minimum Gasteiger partial charge on any atom is -0.381 e. The molecule has 2 aliphatic rings. The molecule has 7 nitrogen and oxygen atoms in total. The van der Waals surface area contributed by atoms with Gasteiger partial charge in [-0.2, -0.15) is 0 Å². The molecule has 1 aromatic heterocycles. The lowest BCUT2D eigenvalue weighted by Gasteiger charge is -2.37. The molecule has 134 valence electrons. The molecule has 3 heterocycles. The number of hydrogen-bond acceptors (Lipinski definition) is 6. The summed E-state index contributed by atoms with van der Waals surface area (Å²) in [6.07, 6.45) is 1.07. The molecule has 7 heteroatoms. The zero-order valence-electron chi connectivity index (χ0n) is 14.2. The van der Waals surface area contributed by atoms with Crippen molar-refractivity contribution in [2.24, 2.45) is 5.92 Å². The minimum absolute atomic E-state index is 0.111. The Balaban J connectivity index is 1.51. The van der Waals surface area contributed by atoms with Crippen molar-refractivity contribution in [1.29, 1.82) is 0 Å². The van der Waals surface area contributed by atoms with Gasteiger partial charge in [0, 0.05) is 38.2 Å². The highest BCUT2D eigenvalue weighted by Gasteiger charge is 2.31. The van der Waals surface area contributed by atoms with E-state index in [0.717, 1.165) is 52.5 Å². The molecule has 2 unspecified atom stereocenters. The molecule has 0 bridgehead atoms. The number of aromatic nitrogens is 2. The van der Waals surface area contributed by atoms with Crippen molar-refractivity contribution in [2.45, 2.75) is 12.5 Å². The van der Waals surface area contributed by atoms with Crippen LogP contribution in [0, 0.1) is 5.92 Å². The fourth-order valence-corrected chi connectivity index (χ4v) is 3.73. The first-order valence-electron chi connectivity index (χ1n) is 8.94. The van der Waals surface area contributed by atoms with Crippen LogP contribution in [0.4, 0.5) is 5.95 Å². The van der Waals surface area contributed by atoms with E-state index >= 15 is 0 Å². The van der Waals surface area contributed by atoms with Crippen LogP contribution in [-0.2, 0) is 9.47 Å². The van der Waals surface area contributed by atoms with Gasteiger partial charge >= 0.3 is 0 Å². The van der Waals surface area contributed by atoms with Gasteiger partial charge in [-0.15, -0.1) is 0 Å². The number of aromatic amines is 1. The summed E-state index contributed by atoms with van der Waals surface area (Å²) in [4.78, 5) is 22.1. The molecule has 2 N–H and O–H groups in total. The first-order chi connectivity index (χ1) is 12.3. The van der Waals surface area contributed by atoms with E-state index < -0.39 is 0 Å². The molecule has 1 aromatic carbocycles. The van der Waals surface area contributed by atoms with E-state index in [9.17, 15) is 4.79 Å². The number of benzene rings is 1. The van der Waals surface area contributed by atoms with E-state index in [1.807, 2.05) is 18.2 Å². The van der Waals surface area contributed by atoms with Gasteiger partial charge in [-0.1, -0.05) is 12.1 Å². The highest BCUT2D eigenvalue weighted by atomic mass is 16.5. The summed E-state index contributed by atoms with van der Waals surface area (Å²) < 4.78 is 11.1. The summed E-state index contributed by atoms with van der Waals surface area (Å²) in [5.74, 6) is 1.03. The Kier molecular flexibility index (Phi) is 4.96. The van der Waals surface area contributed by atoms with Gasteiger partial charge in [-0.25, -0.2) is 4.98 Å². The van der Waals surface area contributed by atoms with Crippen LogP contribution in [0.1, 0.15) is 6.42 Å². The van der Waals surface area contributed by atoms with Crippen molar-refractivity contribution in [1.82, 2.24) is 14.9 Å². The van der Waals surface area contributed by atoms with Crippen LogP contribution < -0.4 is 10.9 Å². The summed E-state index contributed by atoms with van der Waals surface area (Å²) in [5.41, 5.74) is 0.598. The number of nitrogens with zero attached hydrogens (tertiary/aromatic N) is 2. The standard InChI is InChI=1S/C18H24N4O3/c23-17-14-3-1-2-4-15(14)20-18(21-17)19-11-16(13-5-8-25-12-13)22-6-9-24-10-7-22/h1-4,13,16H,5-12H2,(H2,19,20,21,23). The van der Waals surface area contributed by atoms with Gasteiger partial charge in [-0.05, 0) is 18.6 Å². The smallest absolute Gasteiger partial charge is 0.260 e. The number of hydrogen-bond donors (Lipinski definition) is 2. The normalized spacial score (nSPS) is 23.0. The molecule has 25 heavy (non-hydrogen) atoms. The van der Waals surface area contributed by atoms with Gasteiger partial charge < -0.3 is 14.8 Å². The number of rotatable bonds is 5. The highest BCUT2D eigenvalue weighted by molar-refractivity contribution is 5.78. The number of nitrogens with one attached hydrogen (secondary N) is 2. The lowest BCUT2D eigenvalue weighted by molar-refractivity contribution is 0.00458. The van der Waals surface area contributed by atoms with E-state index in [1.54, 1.807) is 6.07 Å². The van der Waals surface area contributed by atoms with Crippen molar-refractivity contribution in [3.05, 3.63) is 34.6 Å². The first kappa shape index (κ1) is 16.5. The molecular formula is C18H24N4O3. The molecule has 0 radical (unpaired) electrons. The Labute approximate surface area is 146 Å². The third-order valence-electron chi connectivity index (χ3n) is 5.12. The van der Waals surface area contributed by atoms with Gasteiger partial charge in [0.15, 0.2) is 0 Å². The number of para-hydroxylation sites is 1. The summed E-state index contributed by atoms with van der Waals surface area (Å²) in [6, 6.07) is 7.74. The van der Waals surface area contributed by atoms with E-state index in [4.69, 9.17) is 9.47 Å². The number of fused-ring (bicyclic) bond motifs is 1. The van der Waals surface area contributed by atoms with E-state index in [-0.39, 0.29) is 5.56 Å². The van der Waals surface area contributed by atoms with Crippen molar-refractivity contribution in [3.8, 4) is 0 Å². The zero-order chi connectivity index (χ0) is 17.1. The number of morpholine rings is 1. The van der Waals surface area contributed by atoms with Gasteiger partial charge in [0.2, 0.25) is 5.95 Å². The molecule has 2 fully saturated rings. The molecule has 2 aliphatic heterocycles. The molecule has 0 aliphatic carbocycles. The maximum Gasteiger partial charge on any atom is 0.260 e. The third kappa shape index (κ3) is 3.68. The van der Waals surface area contributed by atoms with Gasteiger partial charge in [0.25, 0.3) is 5.56 Å². The van der Waals surface area contributed by atoms with Crippen molar-refractivity contribution >= 4 is 16.9 Å². The molecule has 2 saturated heterocycles. The Morgan fingerprint density at radius 1 is 1.24 bits per heavy atom. The second kappa shape index (κ2) is 7.51. The molecule has 4 rings (SSSR count). The van der Waals surface area contributed by atoms with Crippen LogP contribution in [0.25, 0.3) is 10.9 Å². The average molecular weight is 344 g/mol. The quantitative estimate of drug-likeness (QED) is 0.845. The maximum atomic E-state index is 12.2.